The Balaban J connectivity index is 1.60. The summed E-state index contributed by atoms with van der Waals surface area (Å²) in [6.07, 6.45) is 0.706. The van der Waals surface area contributed by atoms with Crippen molar-refractivity contribution in [2.24, 2.45) is 0 Å². The summed E-state index contributed by atoms with van der Waals surface area (Å²) >= 11 is 1.51. The van der Waals surface area contributed by atoms with Crippen LogP contribution in [0.15, 0.2) is 35.4 Å². The summed E-state index contributed by atoms with van der Waals surface area (Å²) in [4.78, 5) is 18.8. The Morgan fingerprint density at radius 2 is 2.00 bits per heavy atom. The van der Waals surface area contributed by atoms with E-state index < -0.39 is 6.10 Å². The second-order valence-electron chi connectivity index (χ2n) is 6.18. The van der Waals surface area contributed by atoms with Crippen LogP contribution in [0, 0.1) is 13.8 Å². The van der Waals surface area contributed by atoms with Gasteiger partial charge in [0, 0.05) is 4.88 Å². The number of aromatic nitrogens is 2. The molecule has 6 nitrogen and oxygen atoms in total. The monoisotopic (exact) mass is 374 g/mol. The minimum atomic E-state index is -0.787. The maximum Gasteiger partial charge on any atom is 0.262 e. The fourth-order valence-electron chi connectivity index (χ4n) is 2.71. The van der Waals surface area contributed by atoms with Crippen molar-refractivity contribution in [3.63, 3.8) is 0 Å². The zero-order chi connectivity index (χ0) is 18.7. The van der Waals surface area contributed by atoms with Crippen LogP contribution in [-0.2, 0) is 17.9 Å². The number of nitrogens with zero attached hydrogens (tertiary/aromatic N) is 2. The molecular formula is C19H22N2O4S. The van der Waals surface area contributed by atoms with E-state index in [9.17, 15) is 9.90 Å². The summed E-state index contributed by atoms with van der Waals surface area (Å²) in [6.45, 7) is 4.58. The first kappa shape index (κ1) is 18.6. The molecule has 0 radical (unpaired) electrons. The van der Waals surface area contributed by atoms with E-state index in [0.29, 0.717) is 12.0 Å². The van der Waals surface area contributed by atoms with Gasteiger partial charge in [-0.1, -0.05) is 12.1 Å². The Hall–Kier alpha value is -2.22. The average molecular weight is 374 g/mol. The number of aliphatic hydroxyl groups is 1. The van der Waals surface area contributed by atoms with Gasteiger partial charge in [0.25, 0.3) is 5.56 Å². The molecule has 2 heterocycles. The van der Waals surface area contributed by atoms with Crippen LogP contribution < -0.4 is 10.3 Å². The smallest absolute Gasteiger partial charge is 0.262 e. The van der Waals surface area contributed by atoms with E-state index in [1.807, 2.05) is 38.1 Å². The van der Waals surface area contributed by atoms with Gasteiger partial charge in [0.1, 0.15) is 10.6 Å². The highest BCUT2D eigenvalue weighted by molar-refractivity contribution is 7.18. The van der Waals surface area contributed by atoms with Crippen molar-refractivity contribution < 1.29 is 14.6 Å². The predicted octanol–water partition coefficient (Wildman–Crippen LogP) is 2.66. The molecule has 0 saturated carbocycles. The van der Waals surface area contributed by atoms with Gasteiger partial charge in [-0.2, -0.15) is 0 Å². The molecule has 0 aliphatic heterocycles. The van der Waals surface area contributed by atoms with Crippen LogP contribution in [0.2, 0.25) is 0 Å². The van der Waals surface area contributed by atoms with Gasteiger partial charge in [-0.15, -0.1) is 11.3 Å². The first-order valence-electron chi connectivity index (χ1n) is 8.33. The van der Waals surface area contributed by atoms with Gasteiger partial charge in [0.05, 0.1) is 44.7 Å². The third kappa shape index (κ3) is 3.95. The lowest BCUT2D eigenvalue weighted by molar-refractivity contribution is 0.0198. The lowest BCUT2D eigenvalue weighted by Crippen LogP contribution is -2.29. The Labute approximate surface area is 155 Å². The summed E-state index contributed by atoms with van der Waals surface area (Å²) in [5, 5.41) is 10.8. The molecule has 0 unspecified atom stereocenters. The topological polar surface area (TPSA) is 73.6 Å². The largest absolute Gasteiger partial charge is 0.497 e. The van der Waals surface area contributed by atoms with Crippen molar-refractivity contribution in [2.45, 2.75) is 33.1 Å². The molecule has 1 N–H and O–H groups in total. The lowest BCUT2D eigenvalue weighted by Gasteiger charge is -2.13. The molecule has 3 rings (SSSR count). The van der Waals surface area contributed by atoms with Crippen LogP contribution in [0.1, 0.15) is 16.0 Å². The van der Waals surface area contributed by atoms with Gasteiger partial charge in [0.2, 0.25) is 0 Å². The van der Waals surface area contributed by atoms with Crippen LogP contribution in [-0.4, -0.2) is 34.5 Å². The SMILES string of the molecule is COc1ccc(COC[C@H](O)Cn2cnc3sc(C)c(C)c3c2=O)cc1. The Morgan fingerprint density at radius 1 is 1.27 bits per heavy atom. The zero-order valence-corrected chi connectivity index (χ0v) is 15.9. The molecule has 1 atom stereocenters. The molecular weight excluding hydrogens is 352 g/mol. The van der Waals surface area contributed by atoms with Gasteiger partial charge in [-0.3, -0.25) is 9.36 Å². The van der Waals surface area contributed by atoms with Crippen molar-refractivity contribution in [1.82, 2.24) is 9.55 Å². The summed E-state index contributed by atoms with van der Waals surface area (Å²) < 4.78 is 12.1. The van der Waals surface area contributed by atoms with E-state index in [1.54, 1.807) is 7.11 Å². The molecule has 0 aliphatic carbocycles. The van der Waals surface area contributed by atoms with E-state index in [-0.39, 0.29) is 18.7 Å². The summed E-state index contributed by atoms with van der Waals surface area (Å²) in [5.74, 6) is 0.787. The fraction of sp³-hybridized carbons (Fsp3) is 0.368. The molecule has 0 aliphatic rings. The average Bonchev–Trinajstić information content (AvgIpc) is 2.93. The summed E-state index contributed by atoms with van der Waals surface area (Å²) in [5.41, 5.74) is 1.83. The highest BCUT2D eigenvalue weighted by Crippen LogP contribution is 2.25. The molecule has 0 amide bonds. The van der Waals surface area contributed by atoms with Gasteiger partial charge in [0.15, 0.2) is 0 Å². The van der Waals surface area contributed by atoms with Crippen molar-refractivity contribution in [1.29, 1.82) is 0 Å². The highest BCUT2D eigenvalue weighted by atomic mass is 32.1. The fourth-order valence-corrected chi connectivity index (χ4v) is 3.70. The van der Waals surface area contributed by atoms with E-state index in [0.717, 1.165) is 26.6 Å². The molecule has 26 heavy (non-hydrogen) atoms. The summed E-state index contributed by atoms with van der Waals surface area (Å²) in [7, 11) is 1.62. The highest BCUT2D eigenvalue weighted by Gasteiger charge is 2.14. The second kappa shape index (κ2) is 7.99. The third-order valence-corrected chi connectivity index (χ3v) is 5.42. The standard InChI is InChI=1S/C19H22N2O4S/c1-12-13(2)26-18-17(12)19(23)21(11-20-18)8-15(22)10-25-9-14-4-6-16(24-3)7-5-14/h4-7,11,15,22H,8-10H2,1-3H3/t15-/m1/s1. The molecule has 0 spiro atoms. The normalized spacial score (nSPS) is 12.5. The number of hydrogen-bond donors (Lipinski definition) is 1. The lowest BCUT2D eigenvalue weighted by atomic mass is 10.2. The van der Waals surface area contributed by atoms with Crippen LogP contribution in [0.5, 0.6) is 5.75 Å². The maximum atomic E-state index is 12.6. The Kier molecular flexibility index (Phi) is 5.70. The van der Waals surface area contributed by atoms with Gasteiger partial charge < -0.3 is 14.6 Å². The van der Waals surface area contributed by atoms with Crippen LogP contribution in [0.25, 0.3) is 10.2 Å². The molecule has 0 bridgehead atoms. The molecule has 3 aromatic rings. The quantitative estimate of drug-likeness (QED) is 0.688. The zero-order valence-electron chi connectivity index (χ0n) is 15.1. The van der Waals surface area contributed by atoms with Gasteiger partial charge >= 0.3 is 0 Å². The van der Waals surface area contributed by atoms with E-state index >= 15 is 0 Å². The second-order valence-corrected chi connectivity index (χ2v) is 7.39. The molecule has 7 heteroatoms. The number of aryl methyl sites for hydroxylation is 2. The van der Waals surface area contributed by atoms with Crippen LogP contribution in [0.3, 0.4) is 0 Å². The van der Waals surface area contributed by atoms with E-state index in [1.165, 1.54) is 22.2 Å². The number of benzene rings is 1. The number of aliphatic hydroxyl groups excluding tert-OH is 1. The first-order valence-corrected chi connectivity index (χ1v) is 9.15. The third-order valence-electron chi connectivity index (χ3n) is 4.30. The first-order chi connectivity index (χ1) is 12.5. The maximum absolute atomic E-state index is 12.6. The summed E-state index contributed by atoms with van der Waals surface area (Å²) in [6, 6.07) is 7.55. The number of ether oxygens (including phenoxy) is 2. The van der Waals surface area contributed by atoms with Crippen LogP contribution >= 0.6 is 11.3 Å². The molecule has 0 fully saturated rings. The van der Waals surface area contributed by atoms with Crippen LogP contribution in [0.4, 0.5) is 0 Å². The van der Waals surface area contributed by atoms with Crippen molar-refractivity contribution in [3.05, 3.63) is 57.0 Å². The van der Waals surface area contributed by atoms with E-state index in [4.69, 9.17) is 9.47 Å². The minimum absolute atomic E-state index is 0.119. The number of hydrogen-bond acceptors (Lipinski definition) is 6. The van der Waals surface area contributed by atoms with Crippen molar-refractivity contribution in [3.8, 4) is 5.75 Å². The van der Waals surface area contributed by atoms with E-state index in [2.05, 4.69) is 4.98 Å². The molecule has 1 aromatic carbocycles. The number of rotatable bonds is 7. The number of methoxy groups -OCH3 is 1. The van der Waals surface area contributed by atoms with Gasteiger partial charge in [-0.05, 0) is 37.1 Å². The van der Waals surface area contributed by atoms with Gasteiger partial charge in [-0.25, -0.2) is 4.98 Å². The Morgan fingerprint density at radius 3 is 2.69 bits per heavy atom. The molecule has 0 saturated heterocycles. The van der Waals surface area contributed by atoms with Crippen molar-refractivity contribution in [2.75, 3.05) is 13.7 Å². The molecule has 2 aromatic heterocycles. The van der Waals surface area contributed by atoms with Crippen molar-refractivity contribution >= 4 is 21.6 Å². The number of thiophene rings is 1. The minimum Gasteiger partial charge on any atom is -0.497 e. The predicted molar refractivity (Wildman–Crippen MR) is 102 cm³/mol. The molecule has 138 valence electrons. The Bertz CT molecular complexity index is 947. The number of fused-ring (bicyclic) bond motifs is 1.